The van der Waals surface area contributed by atoms with Gasteiger partial charge >= 0.3 is 0 Å². The second-order valence-electron chi connectivity index (χ2n) is 3.31. The van der Waals surface area contributed by atoms with Crippen LogP contribution in [0, 0.1) is 0 Å². The fourth-order valence-corrected chi connectivity index (χ4v) is 1.49. The average molecular weight is 198 g/mol. The highest BCUT2D eigenvalue weighted by atomic mass is 16.5. The molecule has 0 aliphatic heterocycles. The largest absolute Gasteiger partial charge is 0.553 e. The lowest BCUT2D eigenvalue weighted by atomic mass is 9.85. The summed E-state index contributed by atoms with van der Waals surface area (Å²) in [5, 5.41) is 0. The van der Waals surface area contributed by atoms with E-state index in [0.717, 1.165) is 36.4 Å². The Balaban J connectivity index is 4.48. The van der Waals surface area contributed by atoms with Crippen LogP contribution in [-0.2, 0) is 4.74 Å². The fourth-order valence-electron chi connectivity index (χ4n) is 1.49. The lowest BCUT2D eigenvalue weighted by Crippen LogP contribution is -2.53. The van der Waals surface area contributed by atoms with Crippen molar-refractivity contribution in [3.63, 3.8) is 0 Å². The van der Waals surface area contributed by atoms with Gasteiger partial charge in [0.05, 0.1) is 7.11 Å². The van der Waals surface area contributed by atoms with E-state index in [1.807, 2.05) is 6.92 Å². The van der Waals surface area contributed by atoms with E-state index in [1.54, 1.807) is 7.11 Å². The number of methoxy groups -OCH3 is 1. The van der Waals surface area contributed by atoms with E-state index < -0.39 is 0 Å². The zero-order valence-electron chi connectivity index (χ0n) is 10.2. The van der Waals surface area contributed by atoms with Crippen molar-refractivity contribution in [3.05, 3.63) is 0 Å². The number of rotatable bonds is 6. The first-order chi connectivity index (χ1) is 6.67. The van der Waals surface area contributed by atoms with Gasteiger partial charge in [-0.1, -0.05) is 0 Å². The molecule has 0 fully saturated rings. The first-order valence-electron chi connectivity index (χ1n) is 5.48. The quantitative estimate of drug-likeness (QED) is 0.360. The van der Waals surface area contributed by atoms with Gasteiger partial charge in [-0.2, -0.15) is 0 Å². The summed E-state index contributed by atoms with van der Waals surface area (Å²) in [6.07, 6.45) is 0. The summed E-state index contributed by atoms with van der Waals surface area (Å²) < 4.78 is 6.17. The summed E-state index contributed by atoms with van der Waals surface area (Å²) in [7, 11) is 3.81. The Bertz CT molecular complexity index is 171. The molecule has 0 saturated heterocycles. The van der Waals surface area contributed by atoms with Crippen LogP contribution in [0.2, 0.25) is 0 Å². The number of quaternary nitrogens is 1. The second kappa shape index (κ2) is 6.88. The van der Waals surface area contributed by atoms with E-state index >= 15 is 0 Å². The summed E-state index contributed by atoms with van der Waals surface area (Å²) in [6.45, 7) is 12.6. The first kappa shape index (κ1) is 13.5. The Hall–Kier alpha value is -0.505. The molecule has 14 heavy (non-hydrogen) atoms. The summed E-state index contributed by atoms with van der Waals surface area (Å²) >= 11 is 0. The highest BCUT2D eigenvalue weighted by Gasteiger charge is 2.11. The van der Waals surface area contributed by atoms with Crippen LogP contribution >= 0.6 is 0 Å². The van der Waals surface area contributed by atoms with E-state index in [1.165, 1.54) is 0 Å². The molecule has 0 N–H and O–H groups in total. The van der Waals surface area contributed by atoms with E-state index in [2.05, 4.69) is 33.2 Å². The molecule has 4 heteroatoms. The molecule has 0 amide bonds. The number of hydrogen-bond donors (Lipinski definition) is 0. The smallest absolute Gasteiger partial charge is 0.101 e. The first-order valence-corrected chi connectivity index (χ1v) is 5.48. The molecule has 0 rings (SSSR count). The van der Waals surface area contributed by atoms with E-state index in [-0.39, 0.29) is 0 Å². The minimum atomic E-state index is 0.762. The van der Waals surface area contributed by atoms with Gasteiger partial charge in [0.2, 0.25) is 0 Å². The SMILES string of the molecule is CCN=C([B-][N+](CC)(CC)CC)OC. The Morgan fingerprint density at radius 1 is 1.14 bits per heavy atom. The molecular weight excluding hydrogens is 175 g/mol. The van der Waals surface area contributed by atoms with Crippen LogP contribution in [0.15, 0.2) is 4.99 Å². The summed E-state index contributed by atoms with van der Waals surface area (Å²) in [6, 6.07) is 0. The maximum absolute atomic E-state index is 5.23. The van der Waals surface area contributed by atoms with Crippen molar-refractivity contribution in [3.8, 4) is 0 Å². The van der Waals surface area contributed by atoms with E-state index in [0.29, 0.717) is 0 Å². The molecule has 0 aromatic carbocycles. The van der Waals surface area contributed by atoms with Crippen LogP contribution in [0.5, 0.6) is 0 Å². The highest BCUT2D eigenvalue weighted by molar-refractivity contribution is 6.67. The van der Waals surface area contributed by atoms with Crippen LogP contribution in [0.4, 0.5) is 0 Å². The van der Waals surface area contributed by atoms with Crippen LogP contribution in [0.25, 0.3) is 0 Å². The fraction of sp³-hybridized carbons (Fsp3) is 0.900. The number of hydrogen-bond acceptors (Lipinski definition) is 2. The van der Waals surface area contributed by atoms with Crippen LogP contribution in [0.3, 0.4) is 0 Å². The van der Waals surface area contributed by atoms with Gasteiger partial charge in [-0.15, -0.1) is 0 Å². The number of nitrogens with zero attached hydrogens (tertiary/aromatic N) is 2. The lowest BCUT2D eigenvalue weighted by molar-refractivity contribution is -0.814. The van der Waals surface area contributed by atoms with Gasteiger partial charge in [-0.25, -0.2) is 0 Å². The minimum Gasteiger partial charge on any atom is -0.553 e. The standard InChI is InChI=1S/C10H23BN2O/c1-6-12-10(14-5)11-13(7-2,8-3)9-4/h6-9H2,1-5H3. The molecule has 0 bridgehead atoms. The molecule has 0 heterocycles. The normalized spacial score (nSPS) is 13.1. The van der Waals surface area contributed by atoms with Crippen molar-refractivity contribution < 1.29 is 9.13 Å². The number of ether oxygens (including phenoxy) is 1. The maximum atomic E-state index is 5.23. The predicted molar refractivity (Wildman–Crippen MR) is 62.6 cm³/mol. The van der Waals surface area contributed by atoms with Gasteiger partial charge in [0.25, 0.3) is 0 Å². The number of aliphatic imine (C=N–C) groups is 1. The lowest BCUT2D eigenvalue weighted by Gasteiger charge is -2.48. The monoisotopic (exact) mass is 198 g/mol. The molecule has 0 aliphatic carbocycles. The van der Waals surface area contributed by atoms with Gasteiger partial charge in [-0.05, 0) is 27.7 Å². The highest BCUT2D eigenvalue weighted by Crippen LogP contribution is 2.04. The Morgan fingerprint density at radius 3 is 1.93 bits per heavy atom. The van der Waals surface area contributed by atoms with Crippen molar-refractivity contribution in [2.75, 3.05) is 33.3 Å². The van der Waals surface area contributed by atoms with E-state index in [9.17, 15) is 0 Å². The molecule has 0 atom stereocenters. The molecule has 0 aliphatic rings. The maximum Gasteiger partial charge on any atom is 0.101 e. The van der Waals surface area contributed by atoms with Crippen molar-refractivity contribution in [1.82, 2.24) is 0 Å². The van der Waals surface area contributed by atoms with Gasteiger partial charge in [-0.3, -0.25) is 4.99 Å². The van der Waals surface area contributed by atoms with Crippen molar-refractivity contribution >= 4 is 13.2 Å². The average Bonchev–Trinajstić information content (AvgIpc) is 2.25. The van der Waals surface area contributed by atoms with Gasteiger partial charge < -0.3 is 9.13 Å². The molecule has 0 spiro atoms. The Labute approximate surface area is 89.0 Å². The summed E-state index contributed by atoms with van der Waals surface area (Å²) in [5.74, 6) is 0.762. The zero-order valence-corrected chi connectivity index (χ0v) is 10.2. The molecule has 3 nitrogen and oxygen atoms in total. The third-order valence-corrected chi connectivity index (χ3v) is 2.80. The molecular formula is C10H23BN2O. The minimum absolute atomic E-state index is 0.762. The van der Waals surface area contributed by atoms with Gasteiger partial charge in [0.1, 0.15) is 7.41 Å². The molecule has 0 saturated carbocycles. The molecule has 0 unspecified atom stereocenters. The van der Waals surface area contributed by atoms with Crippen LogP contribution in [0.1, 0.15) is 27.7 Å². The third-order valence-electron chi connectivity index (χ3n) is 2.80. The van der Waals surface area contributed by atoms with Crippen molar-refractivity contribution in [1.29, 1.82) is 0 Å². The van der Waals surface area contributed by atoms with Crippen LogP contribution in [-0.4, -0.2) is 50.9 Å². The molecule has 82 valence electrons. The van der Waals surface area contributed by atoms with Crippen molar-refractivity contribution in [2.45, 2.75) is 27.7 Å². The van der Waals surface area contributed by atoms with Crippen LogP contribution < -0.4 is 0 Å². The predicted octanol–water partition coefficient (Wildman–Crippen LogP) is 1.50. The third kappa shape index (κ3) is 3.70. The molecule has 0 aromatic heterocycles. The Morgan fingerprint density at radius 2 is 1.64 bits per heavy atom. The second-order valence-corrected chi connectivity index (χ2v) is 3.31. The van der Waals surface area contributed by atoms with Gasteiger partial charge in [0, 0.05) is 32.0 Å². The molecule has 2 radical (unpaired) electrons. The topological polar surface area (TPSA) is 21.6 Å². The summed E-state index contributed by atoms with van der Waals surface area (Å²) in [5.41, 5.74) is 0. The Kier molecular flexibility index (Phi) is 6.63. The molecule has 0 aromatic rings. The van der Waals surface area contributed by atoms with Gasteiger partial charge in [0.15, 0.2) is 0 Å². The zero-order chi connectivity index (χ0) is 11.0. The summed E-state index contributed by atoms with van der Waals surface area (Å²) in [4.78, 5) is 4.29. The van der Waals surface area contributed by atoms with E-state index in [4.69, 9.17) is 4.74 Å². The van der Waals surface area contributed by atoms with Crippen molar-refractivity contribution in [2.24, 2.45) is 4.99 Å².